The molecular weight excluding hydrogens is 406 g/mol. The fraction of sp³-hybridized carbons (Fsp3) is 0.500. The number of phosphoric acid groups is 1. The summed E-state index contributed by atoms with van der Waals surface area (Å²) < 4.78 is 8.88. The Morgan fingerprint density at radius 3 is 1.09 bits per heavy atom. The Balaban J connectivity index is -0.0000000185. The summed E-state index contributed by atoms with van der Waals surface area (Å²) in [7, 11) is -4.64. The summed E-state index contributed by atoms with van der Waals surface area (Å²) in [6.45, 7) is 0. The Bertz CT molecular complexity index is 381. The zero-order valence-electron chi connectivity index (χ0n) is 17.0. The molecule has 0 aliphatic rings. The van der Waals surface area contributed by atoms with Crippen LogP contribution in [0.3, 0.4) is 0 Å². The van der Waals surface area contributed by atoms with Crippen LogP contribution in [0, 0.1) is 0 Å². The van der Waals surface area contributed by atoms with Gasteiger partial charge in [-0.15, -0.1) is 12.4 Å². The number of carbonyl (C=O) groups is 3. The van der Waals surface area contributed by atoms with Gasteiger partial charge in [-0.3, -0.25) is 9.59 Å². The molecule has 0 bridgehead atoms. The minimum Gasteiger partial charge on any atom is -1.00 e. The first-order valence-corrected chi connectivity index (χ1v) is 5.52. The van der Waals surface area contributed by atoms with E-state index in [1.165, 1.54) is 0 Å². The Hall–Kier alpha value is 2.77. The van der Waals surface area contributed by atoms with E-state index in [1.807, 2.05) is 0 Å². The molecule has 0 amide bonds. The third kappa shape index (κ3) is 36.5. The molecule has 122 valence electrons. The van der Waals surface area contributed by atoms with Crippen molar-refractivity contribution in [1.82, 2.24) is 0 Å². The first-order chi connectivity index (χ1) is 7.78. The fourth-order valence-corrected chi connectivity index (χ4v) is 0.714. The van der Waals surface area contributed by atoms with E-state index >= 15 is 0 Å². The van der Waals surface area contributed by atoms with Crippen LogP contribution in [0.1, 0.15) is 18.5 Å². The van der Waals surface area contributed by atoms with Crippen LogP contribution in [-0.4, -0.2) is 58.6 Å². The molecule has 0 unspecified atom stereocenters. The van der Waals surface area contributed by atoms with Crippen LogP contribution < -0.4 is 118 Å². The van der Waals surface area contributed by atoms with Crippen molar-refractivity contribution >= 4 is 38.1 Å². The summed E-state index contributed by atoms with van der Waals surface area (Å²) in [5, 5.41) is 33.8. The van der Waals surface area contributed by atoms with Crippen LogP contribution >= 0.6 is 20.2 Å². The molecule has 0 aromatic heterocycles. The van der Waals surface area contributed by atoms with E-state index in [2.05, 4.69) is 0 Å². The van der Waals surface area contributed by atoms with E-state index in [-0.39, 0.29) is 136 Å². The van der Waals surface area contributed by atoms with E-state index < -0.39 is 44.2 Å². The number of aliphatic carboxylic acids is 3. The molecular formula is C6H16ClNa4O11P. The summed E-state index contributed by atoms with van der Waals surface area (Å²) in [4.78, 5) is 52.0. The molecule has 0 aliphatic heterocycles. The SMILES string of the molecule is Cl.O=C(O)CC(O)(CC(=O)O)C(=O)O.O=P(O)(O)O.[H-].[H-].[H-].[H-].[Na+].[Na+].[Na+].[Na+]. The van der Waals surface area contributed by atoms with Crippen LogP contribution in [0.25, 0.3) is 0 Å². The Labute approximate surface area is 231 Å². The second-order valence-corrected chi connectivity index (χ2v) is 4.02. The molecule has 23 heavy (non-hydrogen) atoms. The first kappa shape index (κ1) is 44.9. The van der Waals surface area contributed by atoms with Crippen molar-refractivity contribution in [2.75, 3.05) is 0 Å². The Morgan fingerprint density at radius 2 is 1.00 bits per heavy atom. The molecule has 11 nitrogen and oxygen atoms in total. The summed E-state index contributed by atoms with van der Waals surface area (Å²) in [6.07, 6.45) is -2.29. The summed E-state index contributed by atoms with van der Waals surface area (Å²) >= 11 is 0. The zero-order chi connectivity index (χ0) is 15.1. The van der Waals surface area contributed by atoms with E-state index in [0.717, 1.165) is 0 Å². The van der Waals surface area contributed by atoms with E-state index in [1.54, 1.807) is 0 Å². The molecule has 17 heteroatoms. The van der Waals surface area contributed by atoms with Crippen molar-refractivity contribution in [1.29, 1.82) is 0 Å². The number of carboxylic acids is 3. The van der Waals surface area contributed by atoms with E-state index in [9.17, 15) is 14.4 Å². The molecule has 0 saturated carbocycles. The topological polar surface area (TPSA) is 210 Å². The molecule has 0 spiro atoms. The Morgan fingerprint density at radius 1 is 0.826 bits per heavy atom. The van der Waals surface area contributed by atoms with Crippen molar-refractivity contribution in [2.45, 2.75) is 18.4 Å². The molecule has 0 heterocycles. The standard InChI is InChI=1S/C6H8O7.ClH.4Na.H3O4P.4H/c7-3(8)1-6(13,5(11)12)2-4(9)10;;;;;;1-5(2,3)4;;;;/h13H,1-2H2,(H,7,8)(H,9,10)(H,11,12);1H;;;;;(H3,1,2,3,4);;;;/q;;4*+1;;4*-1. The predicted molar refractivity (Wildman–Crippen MR) is 63.1 cm³/mol. The second-order valence-electron chi connectivity index (χ2n) is 2.99. The molecule has 0 rings (SSSR count). The largest absolute Gasteiger partial charge is 1.00 e. The molecule has 0 atom stereocenters. The number of rotatable bonds is 5. The maximum Gasteiger partial charge on any atom is 1.00 e. The number of hydrogen-bond acceptors (Lipinski definition) is 5. The molecule has 0 radical (unpaired) electrons. The van der Waals surface area contributed by atoms with Gasteiger partial charge in [-0.05, 0) is 0 Å². The van der Waals surface area contributed by atoms with Gasteiger partial charge < -0.3 is 40.8 Å². The van der Waals surface area contributed by atoms with Crippen LogP contribution in [0.15, 0.2) is 0 Å². The molecule has 7 N–H and O–H groups in total. The molecule has 0 aliphatic carbocycles. The normalized spacial score (nSPS) is 8.70. The third-order valence-corrected chi connectivity index (χ3v) is 1.29. The minimum absolute atomic E-state index is 0. The van der Waals surface area contributed by atoms with Crippen LogP contribution in [-0.2, 0) is 18.9 Å². The number of hydrogen-bond donors (Lipinski definition) is 7. The number of halogens is 1. The molecule has 0 aromatic carbocycles. The van der Waals surface area contributed by atoms with Gasteiger partial charge in [0.05, 0.1) is 12.8 Å². The smallest absolute Gasteiger partial charge is 1.00 e. The van der Waals surface area contributed by atoms with Gasteiger partial charge in [-0.25, -0.2) is 9.36 Å². The van der Waals surface area contributed by atoms with Gasteiger partial charge >= 0.3 is 144 Å². The average Bonchev–Trinajstić information content (AvgIpc) is 1.95. The van der Waals surface area contributed by atoms with Gasteiger partial charge in [-0.2, -0.15) is 0 Å². The van der Waals surface area contributed by atoms with Gasteiger partial charge in [0.25, 0.3) is 0 Å². The molecule has 0 saturated heterocycles. The van der Waals surface area contributed by atoms with Crippen molar-refractivity contribution in [2.24, 2.45) is 0 Å². The maximum absolute atomic E-state index is 10.3. The van der Waals surface area contributed by atoms with Gasteiger partial charge in [0.2, 0.25) is 0 Å². The summed E-state index contributed by atoms with van der Waals surface area (Å²) in [5.74, 6) is -5.02. The summed E-state index contributed by atoms with van der Waals surface area (Å²) in [6, 6.07) is 0. The molecule has 0 fully saturated rings. The van der Waals surface area contributed by atoms with Crippen molar-refractivity contribution < 1.29 is 178 Å². The first-order valence-electron chi connectivity index (χ1n) is 3.95. The maximum atomic E-state index is 10.3. The minimum atomic E-state index is -4.64. The van der Waals surface area contributed by atoms with Crippen LogP contribution in [0.4, 0.5) is 0 Å². The second kappa shape index (κ2) is 21.1. The monoisotopic (exact) mass is 422 g/mol. The summed E-state index contributed by atoms with van der Waals surface area (Å²) in [5.41, 5.74) is -2.74. The van der Waals surface area contributed by atoms with Gasteiger partial charge in [0, 0.05) is 0 Å². The van der Waals surface area contributed by atoms with Crippen LogP contribution in [0.5, 0.6) is 0 Å². The average molecular weight is 423 g/mol. The predicted octanol–water partition coefficient (Wildman–Crippen LogP) is -13.3. The van der Waals surface area contributed by atoms with Crippen LogP contribution in [0.2, 0.25) is 0 Å². The quantitative estimate of drug-likeness (QED) is 0.163. The Kier molecular flexibility index (Phi) is 41.1. The van der Waals surface area contributed by atoms with Gasteiger partial charge in [0.15, 0.2) is 5.60 Å². The van der Waals surface area contributed by atoms with Gasteiger partial charge in [0.1, 0.15) is 0 Å². The number of aliphatic hydroxyl groups is 1. The number of carboxylic acid groups (broad SMARTS) is 3. The van der Waals surface area contributed by atoms with E-state index in [4.69, 9.17) is 39.7 Å². The van der Waals surface area contributed by atoms with Crippen molar-refractivity contribution in [3.63, 3.8) is 0 Å². The van der Waals surface area contributed by atoms with E-state index in [0.29, 0.717) is 0 Å². The van der Waals surface area contributed by atoms with Crippen molar-refractivity contribution in [3.05, 3.63) is 0 Å². The third-order valence-electron chi connectivity index (χ3n) is 1.29. The van der Waals surface area contributed by atoms with Crippen molar-refractivity contribution in [3.8, 4) is 0 Å². The zero-order valence-corrected chi connectivity index (χ0v) is 22.7. The molecule has 0 aromatic rings. The fourth-order valence-electron chi connectivity index (χ4n) is 0.714. The van der Waals surface area contributed by atoms with Gasteiger partial charge in [-0.1, -0.05) is 0 Å².